The fourth-order valence-electron chi connectivity index (χ4n) is 5.44. The van der Waals surface area contributed by atoms with Crippen molar-refractivity contribution in [2.75, 3.05) is 41.0 Å². The Balaban J connectivity index is 4.58. The maximum Gasteiger partial charge on any atom is 0.362 e. The van der Waals surface area contributed by atoms with Crippen molar-refractivity contribution in [2.24, 2.45) is 0 Å². The SMILES string of the molecule is CC/C=C/C/C=C/C/C=C/C/C=C/C/C=C/C/C=C/CCCC(=O)OCC(COCCC(C(=O)O)[N+](C)(C)C)OC(=O)CC/C=C/C/C=C/C/C=C/C/C=C/C/C=C/CC. The summed E-state index contributed by atoms with van der Waals surface area (Å²) in [6.07, 6.45) is 59.5. The van der Waals surface area contributed by atoms with Crippen LogP contribution in [0.2, 0.25) is 0 Å². The molecule has 0 bridgehead atoms. The van der Waals surface area contributed by atoms with Gasteiger partial charge in [-0.05, 0) is 89.9 Å². The third-order valence-corrected chi connectivity index (χ3v) is 8.81. The summed E-state index contributed by atoms with van der Waals surface area (Å²) in [5, 5.41) is 9.62. The molecule has 0 aromatic rings. The van der Waals surface area contributed by atoms with Gasteiger partial charge in [0.25, 0.3) is 0 Å². The molecule has 0 saturated heterocycles. The van der Waals surface area contributed by atoms with E-state index in [9.17, 15) is 19.5 Å². The first-order valence-electron chi connectivity index (χ1n) is 22.2. The normalized spacial score (nSPS) is 14.2. The minimum Gasteiger partial charge on any atom is -0.477 e. The molecule has 0 heterocycles. The number of esters is 2. The van der Waals surface area contributed by atoms with Crippen LogP contribution in [0.4, 0.5) is 0 Å². The molecule has 0 aromatic carbocycles. The van der Waals surface area contributed by atoms with E-state index in [0.717, 1.165) is 77.0 Å². The number of quaternary nitrogens is 1. The summed E-state index contributed by atoms with van der Waals surface area (Å²) >= 11 is 0. The predicted molar refractivity (Wildman–Crippen MR) is 251 cm³/mol. The summed E-state index contributed by atoms with van der Waals surface area (Å²) in [5.41, 5.74) is 0. The number of allylic oxidation sites excluding steroid dienone is 22. The Morgan fingerprint density at radius 3 is 1.27 bits per heavy atom. The van der Waals surface area contributed by atoms with Crippen LogP contribution < -0.4 is 0 Å². The zero-order valence-corrected chi connectivity index (χ0v) is 37.8. The van der Waals surface area contributed by atoms with E-state index in [1.54, 1.807) is 0 Å². The van der Waals surface area contributed by atoms with Gasteiger partial charge >= 0.3 is 17.9 Å². The van der Waals surface area contributed by atoms with Crippen LogP contribution in [0.15, 0.2) is 134 Å². The van der Waals surface area contributed by atoms with Gasteiger partial charge in [-0.15, -0.1) is 0 Å². The average molecular weight is 831 g/mol. The van der Waals surface area contributed by atoms with Crippen molar-refractivity contribution in [1.29, 1.82) is 0 Å². The Labute approximate surface area is 364 Å². The summed E-state index contributed by atoms with van der Waals surface area (Å²) < 4.78 is 17.1. The number of likely N-dealkylation sites (N-methyl/N-ethyl adjacent to an activating group) is 1. The Kier molecular flexibility index (Phi) is 38.1. The number of carboxylic acids is 1. The second kappa shape index (κ2) is 41.2. The van der Waals surface area contributed by atoms with E-state index < -0.39 is 24.1 Å². The molecule has 0 radical (unpaired) electrons. The first-order valence-corrected chi connectivity index (χ1v) is 22.2. The molecule has 0 spiro atoms. The third kappa shape index (κ3) is 39.0. The molecule has 2 unspecified atom stereocenters. The van der Waals surface area contributed by atoms with E-state index in [1.165, 1.54) is 0 Å². The number of unbranched alkanes of at least 4 members (excludes halogenated alkanes) is 1. The summed E-state index contributed by atoms with van der Waals surface area (Å²) in [7, 11) is 5.46. The third-order valence-electron chi connectivity index (χ3n) is 8.81. The Hall–Kier alpha value is -4.53. The number of carbonyl (C=O) groups is 3. The van der Waals surface area contributed by atoms with Crippen molar-refractivity contribution in [3.05, 3.63) is 134 Å². The van der Waals surface area contributed by atoms with Gasteiger partial charge in [0.2, 0.25) is 0 Å². The number of carboxylic acid groups (broad SMARTS) is 1. The molecular formula is C52H80NO7+. The lowest BCUT2D eigenvalue weighted by Crippen LogP contribution is -2.50. The van der Waals surface area contributed by atoms with Crippen LogP contribution in [0.25, 0.3) is 0 Å². The number of hydrogen-bond donors (Lipinski definition) is 1. The standard InChI is InChI=1S/C52H79NO7/c1-6-8-10-12-14-16-18-20-22-24-25-26-27-29-30-32-34-36-38-40-42-50(54)59-47-48(46-58-45-44-49(52(56)57)53(3,4)5)60-51(55)43-41-39-37-35-33-31-28-23-21-19-17-15-13-11-9-7-2/h8-11,14-17,20-23,25-26,29-31,33-34,36-37,39,48-49H,6-7,12-13,18-19,24,27-28,32,35,38,40-47H2,1-5H3/p+1/b10-8+,11-9+,16-14+,17-15+,22-20+,23-21+,26-25+,30-29+,33-31+,36-34+,39-37+. The van der Waals surface area contributed by atoms with Crippen molar-refractivity contribution in [3.63, 3.8) is 0 Å². The minimum atomic E-state index is -0.901. The highest BCUT2D eigenvalue weighted by Gasteiger charge is 2.31. The van der Waals surface area contributed by atoms with Crippen LogP contribution in [-0.4, -0.2) is 80.6 Å². The molecule has 8 nitrogen and oxygen atoms in total. The zero-order valence-electron chi connectivity index (χ0n) is 37.8. The molecule has 0 aromatic heterocycles. The number of ether oxygens (including phenoxy) is 3. The van der Waals surface area contributed by atoms with Crippen LogP contribution in [0, 0.1) is 0 Å². The van der Waals surface area contributed by atoms with Crippen molar-refractivity contribution in [3.8, 4) is 0 Å². The largest absolute Gasteiger partial charge is 0.477 e. The molecule has 0 rings (SSSR count). The zero-order chi connectivity index (χ0) is 44.2. The van der Waals surface area contributed by atoms with Gasteiger partial charge in [0, 0.05) is 19.3 Å². The van der Waals surface area contributed by atoms with Gasteiger partial charge in [-0.1, -0.05) is 148 Å². The number of carbonyl (C=O) groups excluding carboxylic acids is 2. The van der Waals surface area contributed by atoms with Gasteiger partial charge in [0.05, 0.1) is 34.4 Å². The molecule has 8 heteroatoms. The topological polar surface area (TPSA) is 99.1 Å². The monoisotopic (exact) mass is 831 g/mol. The average Bonchev–Trinajstić information content (AvgIpc) is 3.21. The first-order chi connectivity index (χ1) is 29.1. The minimum absolute atomic E-state index is 0.00269. The number of rotatable bonds is 37. The van der Waals surface area contributed by atoms with Crippen LogP contribution in [0.5, 0.6) is 0 Å². The van der Waals surface area contributed by atoms with Crippen molar-refractivity contribution < 1.29 is 38.2 Å². The van der Waals surface area contributed by atoms with Crippen LogP contribution >= 0.6 is 0 Å². The van der Waals surface area contributed by atoms with Crippen LogP contribution in [-0.2, 0) is 28.6 Å². The molecule has 0 aliphatic rings. The number of hydrogen-bond acceptors (Lipinski definition) is 6. The molecule has 334 valence electrons. The maximum atomic E-state index is 12.7. The second-order valence-electron chi connectivity index (χ2n) is 15.2. The summed E-state index contributed by atoms with van der Waals surface area (Å²) in [5.74, 6) is -1.67. The highest BCUT2D eigenvalue weighted by molar-refractivity contribution is 5.72. The molecule has 2 atom stereocenters. The van der Waals surface area contributed by atoms with Crippen molar-refractivity contribution in [1.82, 2.24) is 0 Å². The van der Waals surface area contributed by atoms with E-state index in [0.29, 0.717) is 12.8 Å². The van der Waals surface area contributed by atoms with E-state index in [2.05, 4.69) is 135 Å². The summed E-state index contributed by atoms with van der Waals surface area (Å²) in [4.78, 5) is 37.0. The maximum absolute atomic E-state index is 12.7. The Morgan fingerprint density at radius 2 is 0.883 bits per heavy atom. The van der Waals surface area contributed by atoms with Crippen LogP contribution in [0.3, 0.4) is 0 Å². The lowest BCUT2D eigenvalue weighted by Gasteiger charge is -2.31. The van der Waals surface area contributed by atoms with Gasteiger partial charge in [-0.25, -0.2) is 4.79 Å². The quantitative estimate of drug-likeness (QED) is 0.0288. The number of nitrogens with zero attached hydrogens (tertiary/aromatic N) is 1. The Morgan fingerprint density at radius 1 is 0.500 bits per heavy atom. The number of aliphatic carboxylic acids is 1. The van der Waals surface area contributed by atoms with E-state index in [4.69, 9.17) is 14.2 Å². The van der Waals surface area contributed by atoms with Gasteiger partial charge in [0.15, 0.2) is 12.1 Å². The highest BCUT2D eigenvalue weighted by Crippen LogP contribution is 2.10. The van der Waals surface area contributed by atoms with Gasteiger partial charge in [-0.3, -0.25) is 9.59 Å². The molecule has 1 N–H and O–H groups in total. The second-order valence-corrected chi connectivity index (χ2v) is 15.2. The lowest BCUT2D eigenvalue weighted by molar-refractivity contribution is -0.887. The first kappa shape index (κ1) is 55.5. The van der Waals surface area contributed by atoms with Crippen molar-refractivity contribution >= 4 is 17.9 Å². The fraction of sp³-hybridized carbons (Fsp3) is 0.519. The molecule has 0 aliphatic carbocycles. The molecule has 0 aliphatic heterocycles. The molecule has 60 heavy (non-hydrogen) atoms. The fourth-order valence-corrected chi connectivity index (χ4v) is 5.44. The van der Waals surface area contributed by atoms with E-state index >= 15 is 0 Å². The summed E-state index contributed by atoms with van der Waals surface area (Å²) in [6, 6.07) is -0.645. The van der Waals surface area contributed by atoms with E-state index in [1.807, 2.05) is 33.3 Å². The molecule has 0 fully saturated rings. The summed E-state index contributed by atoms with van der Waals surface area (Å²) in [6.45, 7) is 4.33. The predicted octanol–water partition coefficient (Wildman–Crippen LogP) is 12.4. The van der Waals surface area contributed by atoms with Gasteiger partial charge in [0.1, 0.15) is 6.61 Å². The van der Waals surface area contributed by atoms with Gasteiger partial charge < -0.3 is 23.8 Å². The van der Waals surface area contributed by atoms with Gasteiger partial charge in [-0.2, -0.15) is 0 Å². The molecule has 0 saturated carbocycles. The molecular weight excluding hydrogens is 751 g/mol. The van der Waals surface area contributed by atoms with Crippen LogP contribution in [0.1, 0.15) is 123 Å². The molecule has 0 amide bonds. The highest BCUT2D eigenvalue weighted by atomic mass is 16.6. The Bertz CT molecular complexity index is 1430. The van der Waals surface area contributed by atoms with Crippen molar-refractivity contribution in [2.45, 2.75) is 135 Å². The van der Waals surface area contributed by atoms with E-state index in [-0.39, 0.29) is 49.5 Å². The smallest absolute Gasteiger partial charge is 0.362 e. The lowest BCUT2D eigenvalue weighted by atomic mass is 10.1.